The number of aryl methyl sites for hydroxylation is 1. The first-order valence-electron chi connectivity index (χ1n) is 7.35. The van der Waals surface area contributed by atoms with Gasteiger partial charge in [0.2, 0.25) is 5.91 Å². The zero-order valence-corrected chi connectivity index (χ0v) is 13.4. The van der Waals surface area contributed by atoms with Crippen LogP contribution >= 0.6 is 0 Å². The molecule has 122 valence electrons. The SMILES string of the molecule is Cc1cccnc1C[C@H](C)N(C)C(=O)Cn1[nH]c(=O)ccc1=O. The van der Waals surface area contributed by atoms with E-state index in [2.05, 4.69) is 10.1 Å². The number of pyridine rings is 1. The van der Waals surface area contributed by atoms with E-state index in [9.17, 15) is 14.4 Å². The minimum absolute atomic E-state index is 0.0813. The van der Waals surface area contributed by atoms with Crippen LogP contribution in [-0.4, -0.2) is 38.7 Å². The molecule has 2 aromatic heterocycles. The number of rotatable bonds is 5. The van der Waals surface area contributed by atoms with E-state index in [0.29, 0.717) is 6.42 Å². The van der Waals surface area contributed by atoms with Crippen LogP contribution in [0.25, 0.3) is 0 Å². The maximum absolute atomic E-state index is 12.3. The van der Waals surface area contributed by atoms with Crippen molar-refractivity contribution in [3.8, 4) is 0 Å². The van der Waals surface area contributed by atoms with Crippen LogP contribution < -0.4 is 11.1 Å². The highest BCUT2D eigenvalue weighted by Gasteiger charge is 2.18. The first kappa shape index (κ1) is 16.7. The molecule has 0 spiro atoms. The molecule has 0 aliphatic rings. The third-order valence-corrected chi connectivity index (χ3v) is 3.84. The summed E-state index contributed by atoms with van der Waals surface area (Å²) in [7, 11) is 1.68. The quantitative estimate of drug-likeness (QED) is 0.861. The monoisotopic (exact) mass is 316 g/mol. The molecule has 0 unspecified atom stereocenters. The fraction of sp³-hybridized carbons (Fsp3) is 0.375. The van der Waals surface area contributed by atoms with Crippen LogP contribution in [0.5, 0.6) is 0 Å². The Balaban J connectivity index is 2.07. The molecule has 0 aliphatic heterocycles. The van der Waals surface area contributed by atoms with Crippen molar-refractivity contribution >= 4 is 5.91 Å². The van der Waals surface area contributed by atoms with Crippen LogP contribution in [0.3, 0.4) is 0 Å². The predicted molar refractivity (Wildman–Crippen MR) is 86.2 cm³/mol. The van der Waals surface area contributed by atoms with Crippen molar-refractivity contribution in [2.45, 2.75) is 32.9 Å². The highest BCUT2D eigenvalue weighted by molar-refractivity contribution is 5.75. The van der Waals surface area contributed by atoms with Gasteiger partial charge in [-0.3, -0.25) is 24.5 Å². The first-order valence-corrected chi connectivity index (χ1v) is 7.35. The van der Waals surface area contributed by atoms with Gasteiger partial charge in [0.1, 0.15) is 6.54 Å². The molecule has 1 atom stereocenters. The number of hydrogen-bond donors (Lipinski definition) is 1. The minimum atomic E-state index is -0.419. The predicted octanol–water partition coefficient (Wildman–Crippen LogP) is 0.330. The first-order chi connectivity index (χ1) is 10.9. The molecule has 2 heterocycles. The van der Waals surface area contributed by atoms with Crippen molar-refractivity contribution in [1.82, 2.24) is 19.7 Å². The maximum Gasteiger partial charge on any atom is 0.265 e. The van der Waals surface area contributed by atoms with Crippen LogP contribution in [0.1, 0.15) is 18.2 Å². The molecule has 7 nitrogen and oxygen atoms in total. The molecule has 0 aliphatic carbocycles. The fourth-order valence-electron chi connectivity index (χ4n) is 2.22. The molecule has 0 fully saturated rings. The second-order valence-electron chi connectivity index (χ2n) is 5.56. The Labute approximate surface area is 133 Å². The lowest BCUT2D eigenvalue weighted by molar-refractivity contribution is -0.132. The van der Waals surface area contributed by atoms with Gasteiger partial charge in [-0.15, -0.1) is 0 Å². The Bertz CT molecular complexity index is 809. The van der Waals surface area contributed by atoms with E-state index in [-0.39, 0.29) is 18.5 Å². The number of nitrogens with zero attached hydrogens (tertiary/aromatic N) is 3. The molecule has 0 bridgehead atoms. The molecule has 2 rings (SSSR count). The van der Waals surface area contributed by atoms with E-state index in [1.807, 2.05) is 26.0 Å². The molecule has 0 saturated heterocycles. The van der Waals surface area contributed by atoms with Gasteiger partial charge in [-0.2, -0.15) is 0 Å². The average Bonchev–Trinajstić information content (AvgIpc) is 2.52. The van der Waals surface area contributed by atoms with Gasteiger partial charge in [0, 0.05) is 43.5 Å². The Morgan fingerprint density at radius 3 is 2.78 bits per heavy atom. The van der Waals surface area contributed by atoms with Gasteiger partial charge in [0.15, 0.2) is 0 Å². The molecule has 0 radical (unpaired) electrons. The van der Waals surface area contributed by atoms with Gasteiger partial charge in [-0.1, -0.05) is 6.07 Å². The van der Waals surface area contributed by atoms with Gasteiger partial charge >= 0.3 is 0 Å². The van der Waals surface area contributed by atoms with E-state index in [1.165, 1.54) is 0 Å². The Hall–Kier alpha value is -2.70. The molecule has 1 amide bonds. The number of amides is 1. The van der Waals surface area contributed by atoms with Gasteiger partial charge in [-0.05, 0) is 25.5 Å². The topological polar surface area (TPSA) is 88.1 Å². The molecular weight excluding hydrogens is 296 g/mol. The largest absolute Gasteiger partial charge is 0.341 e. The lowest BCUT2D eigenvalue weighted by Crippen LogP contribution is -2.41. The smallest absolute Gasteiger partial charge is 0.265 e. The maximum atomic E-state index is 12.3. The van der Waals surface area contributed by atoms with Gasteiger partial charge in [0.25, 0.3) is 11.1 Å². The van der Waals surface area contributed by atoms with Crippen molar-refractivity contribution < 1.29 is 4.79 Å². The van der Waals surface area contributed by atoms with Crippen LogP contribution in [0.15, 0.2) is 40.1 Å². The van der Waals surface area contributed by atoms with Crippen molar-refractivity contribution in [3.05, 3.63) is 62.4 Å². The molecule has 2 aromatic rings. The van der Waals surface area contributed by atoms with Crippen molar-refractivity contribution in [2.24, 2.45) is 0 Å². The standard InChI is InChI=1S/C16H20N4O3/c1-11-5-4-8-17-13(11)9-12(2)19(3)16(23)10-20-15(22)7-6-14(21)18-20/h4-8,12H,9-10H2,1-3H3,(H,18,21)/t12-/m0/s1. The normalized spacial score (nSPS) is 12.0. The molecule has 1 N–H and O–H groups in total. The number of hydrogen-bond acceptors (Lipinski definition) is 4. The summed E-state index contributed by atoms with van der Waals surface area (Å²) < 4.78 is 1.01. The fourth-order valence-corrected chi connectivity index (χ4v) is 2.22. The molecule has 0 saturated carbocycles. The summed E-state index contributed by atoms with van der Waals surface area (Å²) in [5.41, 5.74) is 1.17. The van der Waals surface area contributed by atoms with E-state index < -0.39 is 11.1 Å². The Morgan fingerprint density at radius 1 is 1.35 bits per heavy atom. The van der Waals surface area contributed by atoms with E-state index in [0.717, 1.165) is 28.1 Å². The van der Waals surface area contributed by atoms with E-state index >= 15 is 0 Å². The number of aromatic amines is 1. The molecular formula is C16H20N4O3. The number of H-pyrrole nitrogens is 1. The van der Waals surface area contributed by atoms with Crippen LogP contribution in [-0.2, 0) is 17.8 Å². The van der Waals surface area contributed by atoms with Crippen molar-refractivity contribution in [1.29, 1.82) is 0 Å². The van der Waals surface area contributed by atoms with Crippen molar-refractivity contribution in [2.75, 3.05) is 7.05 Å². The number of likely N-dealkylation sites (N-methyl/N-ethyl adjacent to an activating group) is 1. The average molecular weight is 316 g/mol. The second kappa shape index (κ2) is 7.04. The third-order valence-electron chi connectivity index (χ3n) is 3.84. The van der Waals surface area contributed by atoms with Crippen LogP contribution in [0, 0.1) is 6.92 Å². The summed E-state index contributed by atoms with van der Waals surface area (Å²) in [6.07, 6.45) is 2.35. The summed E-state index contributed by atoms with van der Waals surface area (Å²) in [5.74, 6) is -0.255. The summed E-state index contributed by atoms with van der Waals surface area (Å²) >= 11 is 0. The minimum Gasteiger partial charge on any atom is -0.341 e. The van der Waals surface area contributed by atoms with Gasteiger partial charge in [-0.25, -0.2) is 4.68 Å². The molecule has 23 heavy (non-hydrogen) atoms. The number of nitrogens with one attached hydrogen (secondary N) is 1. The Kier molecular flexibility index (Phi) is 5.10. The molecule has 7 heteroatoms. The van der Waals surface area contributed by atoms with Crippen LogP contribution in [0.4, 0.5) is 0 Å². The van der Waals surface area contributed by atoms with Crippen LogP contribution in [0.2, 0.25) is 0 Å². The summed E-state index contributed by atoms with van der Waals surface area (Å²) in [4.78, 5) is 41.1. The second-order valence-corrected chi connectivity index (χ2v) is 5.56. The molecule has 0 aromatic carbocycles. The van der Waals surface area contributed by atoms with Crippen molar-refractivity contribution in [3.63, 3.8) is 0 Å². The van der Waals surface area contributed by atoms with Gasteiger partial charge in [0.05, 0.1) is 0 Å². The van der Waals surface area contributed by atoms with E-state index in [4.69, 9.17) is 0 Å². The Morgan fingerprint density at radius 2 is 2.09 bits per heavy atom. The highest BCUT2D eigenvalue weighted by Crippen LogP contribution is 2.10. The van der Waals surface area contributed by atoms with Gasteiger partial charge < -0.3 is 4.90 Å². The lowest BCUT2D eigenvalue weighted by Gasteiger charge is -2.25. The summed E-state index contributed by atoms with van der Waals surface area (Å²) in [6.45, 7) is 3.70. The number of aromatic nitrogens is 3. The summed E-state index contributed by atoms with van der Waals surface area (Å²) in [6, 6.07) is 6.05. The third kappa shape index (κ3) is 4.15. The van der Waals surface area contributed by atoms with E-state index in [1.54, 1.807) is 18.1 Å². The highest BCUT2D eigenvalue weighted by atomic mass is 16.2. The number of carbonyl (C=O) groups excluding carboxylic acids is 1. The summed E-state index contributed by atoms with van der Waals surface area (Å²) in [5, 5.41) is 2.35. The lowest BCUT2D eigenvalue weighted by atomic mass is 10.1. The zero-order valence-electron chi connectivity index (χ0n) is 13.4. The number of carbonyl (C=O) groups is 1. The zero-order chi connectivity index (χ0) is 17.0.